The maximum absolute atomic E-state index is 13.0. The Hall–Kier alpha value is -1.73. The maximum Gasteiger partial charge on any atom is 0.416 e. The van der Waals surface area contributed by atoms with Crippen LogP contribution in [0.4, 0.5) is 26.3 Å². The first-order valence-corrected chi connectivity index (χ1v) is 9.02. The highest BCUT2D eigenvalue weighted by Gasteiger charge is 2.33. The monoisotopic (exact) mass is 420 g/mol. The molecule has 1 nitrogen and oxygen atoms in total. The van der Waals surface area contributed by atoms with Crippen molar-refractivity contribution in [2.24, 2.45) is 0 Å². The quantitative estimate of drug-likeness (QED) is 0.487. The van der Waals surface area contributed by atoms with Crippen LogP contribution >= 0.6 is 11.6 Å². The molecule has 1 saturated heterocycles. The first kappa shape index (κ1) is 21.0. The van der Waals surface area contributed by atoms with E-state index in [0.29, 0.717) is 24.1 Å². The SMILES string of the molecule is FC(F)(F)c1ccc(C2C[CH]CCN2Cc2cc(C(F)(F)F)ccc2Cl)cc1. The Kier molecular flexibility index (Phi) is 5.96. The molecule has 1 heterocycles. The first-order chi connectivity index (χ1) is 13.1. The van der Waals surface area contributed by atoms with Gasteiger partial charge in [0.1, 0.15) is 0 Å². The summed E-state index contributed by atoms with van der Waals surface area (Å²) in [4.78, 5) is 1.95. The van der Waals surface area contributed by atoms with Crippen LogP contribution in [0.15, 0.2) is 42.5 Å². The van der Waals surface area contributed by atoms with E-state index in [2.05, 4.69) is 0 Å². The summed E-state index contributed by atoms with van der Waals surface area (Å²) in [5, 5.41) is 0.230. The van der Waals surface area contributed by atoms with Crippen molar-refractivity contribution >= 4 is 11.6 Å². The minimum Gasteiger partial charge on any atom is -0.292 e. The second-order valence-electron chi connectivity index (χ2n) is 6.72. The van der Waals surface area contributed by atoms with Crippen molar-refractivity contribution in [1.82, 2.24) is 4.90 Å². The Bertz CT molecular complexity index is 813. The van der Waals surface area contributed by atoms with Crippen molar-refractivity contribution in [3.8, 4) is 0 Å². The predicted molar refractivity (Wildman–Crippen MR) is 94.6 cm³/mol. The molecule has 0 bridgehead atoms. The molecule has 0 N–H and O–H groups in total. The molecule has 1 atom stereocenters. The van der Waals surface area contributed by atoms with Crippen molar-refractivity contribution in [3.05, 3.63) is 76.2 Å². The van der Waals surface area contributed by atoms with E-state index in [-0.39, 0.29) is 17.6 Å². The molecule has 1 radical (unpaired) electrons. The largest absolute Gasteiger partial charge is 0.416 e. The summed E-state index contributed by atoms with van der Waals surface area (Å²) in [6, 6.07) is 7.87. The second-order valence-corrected chi connectivity index (χ2v) is 7.13. The minimum atomic E-state index is -4.47. The molecule has 0 amide bonds. The lowest BCUT2D eigenvalue weighted by Gasteiger charge is -2.36. The number of alkyl halides is 6. The Labute approximate surface area is 163 Å². The average molecular weight is 421 g/mol. The molecular weight excluding hydrogens is 404 g/mol. The van der Waals surface area contributed by atoms with E-state index >= 15 is 0 Å². The van der Waals surface area contributed by atoms with Gasteiger partial charge in [0.25, 0.3) is 0 Å². The molecule has 8 heteroatoms. The van der Waals surface area contributed by atoms with Gasteiger partial charge in [-0.05, 0) is 67.3 Å². The topological polar surface area (TPSA) is 3.24 Å². The molecule has 1 unspecified atom stereocenters. The lowest BCUT2D eigenvalue weighted by atomic mass is 9.93. The van der Waals surface area contributed by atoms with Gasteiger partial charge in [0.15, 0.2) is 0 Å². The summed E-state index contributed by atoms with van der Waals surface area (Å²) < 4.78 is 77.3. The molecule has 1 aliphatic heterocycles. The van der Waals surface area contributed by atoms with Gasteiger partial charge >= 0.3 is 12.4 Å². The van der Waals surface area contributed by atoms with E-state index in [1.165, 1.54) is 18.2 Å². The van der Waals surface area contributed by atoms with Crippen LogP contribution in [0, 0.1) is 6.42 Å². The van der Waals surface area contributed by atoms with E-state index in [1.54, 1.807) is 0 Å². The third kappa shape index (κ3) is 4.81. The zero-order valence-corrected chi connectivity index (χ0v) is 15.4. The van der Waals surface area contributed by atoms with Crippen molar-refractivity contribution in [3.63, 3.8) is 0 Å². The summed E-state index contributed by atoms with van der Waals surface area (Å²) in [5.74, 6) is 0. The smallest absolute Gasteiger partial charge is 0.292 e. The summed E-state index contributed by atoms with van der Waals surface area (Å²) in [7, 11) is 0. The zero-order valence-electron chi connectivity index (χ0n) is 14.6. The van der Waals surface area contributed by atoms with Gasteiger partial charge in [-0.2, -0.15) is 26.3 Å². The Morgan fingerprint density at radius 3 is 2.11 bits per heavy atom. The summed E-state index contributed by atoms with van der Waals surface area (Å²) >= 11 is 6.10. The third-order valence-corrected chi connectivity index (χ3v) is 5.19. The number of halogens is 7. The molecule has 1 aliphatic rings. The maximum atomic E-state index is 13.0. The van der Waals surface area contributed by atoms with E-state index in [0.717, 1.165) is 30.7 Å². The van der Waals surface area contributed by atoms with Crippen LogP contribution in [0.1, 0.15) is 41.1 Å². The van der Waals surface area contributed by atoms with Crippen molar-refractivity contribution in [2.45, 2.75) is 37.8 Å². The van der Waals surface area contributed by atoms with E-state index < -0.39 is 23.5 Å². The number of hydrogen-bond donors (Lipinski definition) is 0. The fourth-order valence-corrected chi connectivity index (χ4v) is 3.54. The number of piperidine rings is 1. The molecule has 1 fully saturated rings. The number of benzene rings is 2. The summed E-state index contributed by atoms with van der Waals surface area (Å²) in [5.41, 5.74) is -0.479. The Morgan fingerprint density at radius 1 is 0.893 bits per heavy atom. The van der Waals surface area contributed by atoms with Gasteiger partial charge in [-0.1, -0.05) is 23.7 Å². The van der Waals surface area contributed by atoms with Gasteiger partial charge in [-0.25, -0.2) is 0 Å². The molecule has 2 aromatic rings. The highest BCUT2D eigenvalue weighted by Crippen LogP contribution is 2.37. The van der Waals surface area contributed by atoms with Gasteiger partial charge in [0, 0.05) is 17.6 Å². The average Bonchev–Trinajstić information content (AvgIpc) is 2.62. The van der Waals surface area contributed by atoms with Gasteiger partial charge in [-0.15, -0.1) is 0 Å². The first-order valence-electron chi connectivity index (χ1n) is 8.64. The van der Waals surface area contributed by atoms with Crippen molar-refractivity contribution in [1.29, 1.82) is 0 Å². The molecule has 151 valence electrons. The van der Waals surface area contributed by atoms with Gasteiger partial charge < -0.3 is 0 Å². The summed E-state index contributed by atoms with van der Waals surface area (Å²) in [6.45, 7) is 0.764. The standard InChI is InChI=1S/C20H17ClF6N/c21-17-9-8-16(20(25,26)27)11-14(17)12-28-10-2-1-3-18(28)13-4-6-15(7-5-13)19(22,23)24/h1,4-9,11,18H,2-3,10,12H2. The fourth-order valence-electron chi connectivity index (χ4n) is 3.36. The molecule has 28 heavy (non-hydrogen) atoms. The van der Waals surface area contributed by atoms with Gasteiger partial charge in [0.05, 0.1) is 11.1 Å². The molecule has 0 spiro atoms. The highest BCUT2D eigenvalue weighted by molar-refractivity contribution is 6.31. The molecule has 2 aromatic carbocycles. The van der Waals surface area contributed by atoms with Crippen LogP contribution < -0.4 is 0 Å². The predicted octanol–water partition coefficient (Wildman–Crippen LogP) is 6.92. The molecule has 0 aliphatic carbocycles. The zero-order chi connectivity index (χ0) is 20.5. The Balaban J connectivity index is 1.85. The molecule has 0 saturated carbocycles. The minimum absolute atomic E-state index is 0.183. The van der Waals surface area contributed by atoms with Gasteiger partial charge in [0.2, 0.25) is 0 Å². The van der Waals surface area contributed by atoms with E-state index in [1.807, 2.05) is 11.3 Å². The molecule has 3 rings (SSSR count). The van der Waals surface area contributed by atoms with Gasteiger partial charge in [-0.3, -0.25) is 4.90 Å². The molecule has 0 aromatic heterocycles. The lowest BCUT2D eigenvalue weighted by molar-refractivity contribution is -0.138. The van der Waals surface area contributed by atoms with Crippen LogP contribution in [-0.2, 0) is 18.9 Å². The van der Waals surface area contributed by atoms with Crippen LogP contribution in [0.25, 0.3) is 0 Å². The normalized spacial score (nSPS) is 19.0. The lowest BCUT2D eigenvalue weighted by Crippen LogP contribution is -2.33. The van der Waals surface area contributed by atoms with Crippen LogP contribution in [-0.4, -0.2) is 11.4 Å². The summed E-state index contributed by atoms with van der Waals surface area (Å²) in [6.07, 6.45) is -5.51. The number of rotatable bonds is 3. The van der Waals surface area contributed by atoms with E-state index in [9.17, 15) is 26.3 Å². The van der Waals surface area contributed by atoms with Crippen LogP contribution in [0.2, 0.25) is 5.02 Å². The van der Waals surface area contributed by atoms with Crippen LogP contribution in [0.3, 0.4) is 0 Å². The second kappa shape index (κ2) is 7.95. The Morgan fingerprint density at radius 2 is 1.50 bits per heavy atom. The number of nitrogens with zero attached hydrogens (tertiary/aromatic N) is 1. The number of likely N-dealkylation sites (tertiary alicyclic amines) is 1. The van der Waals surface area contributed by atoms with Crippen LogP contribution in [0.5, 0.6) is 0 Å². The molecular formula is C20H17ClF6N. The van der Waals surface area contributed by atoms with E-state index in [4.69, 9.17) is 11.6 Å². The highest BCUT2D eigenvalue weighted by atomic mass is 35.5. The van der Waals surface area contributed by atoms with Crippen molar-refractivity contribution < 1.29 is 26.3 Å². The third-order valence-electron chi connectivity index (χ3n) is 4.82. The number of hydrogen-bond acceptors (Lipinski definition) is 1. The van der Waals surface area contributed by atoms with Crippen molar-refractivity contribution in [2.75, 3.05) is 6.54 Å². The fraction of sp³-hybridized carbons (Fsp3) is 0.350.